The lowest BCUT2D eigenvalue weighted by Crippen LogP contribution is -2.42. The summed E-state index contributed by atoms with van der Waals surface area (Å²) in [6.45, 7) is 2.44. The number of carbonyl (C=O) groups excluding carboxylic acids is 1. The van der Waals surface area contributed by atoms with Crippen LogP contribution in [0.4, 0.5) is 5.69 Å². The van der Waals surface area contributed by atoms with Gasteiger partial charge in [0.2, 0.25) is 0 Å². The molecule has 1 amide bonds. The number of carbonyl (C=O) groups is 1. The predicted molar refractivity (Wildman–Crippen MR) is 107 cm³/mol. The zero-order valence-corrected chi connectivity index (χ0v) is 15.9. The lowest BCUT2D eigenvalue weighted by atomic mass is 9.90. The first-order valence-corrected chi connectivity index (χ1v) is 9.85. The summed E-state index contributed by atoms with van der Waals surface area (Å²) in [6.07, 6.45) is 4.65. The summed E-state index contributed by atoms with van der Waals surface area (Å²) in [4.78, 5) is 14.9. The van der Waals surface area contributed by atoms with Gasteiger partial charge in [-0.3, -0.25) is 9.69 Å². The monoisotopic (exact) mass is 374 g/mol. The number of hydrogen-bond acceptors (Lipinski definition) is 4. The standard InChI is InChI=1S/C23H22N2O3/c1-15-14-25(20-8-4-5-9-21(20)27-15)23(26)19-13-22(28-24-19)18-11-10-16-6-2-3-7-17(16)12-18/h4-5,8-13,15H,2-3,6-7,14H2,1H3. The third-order valence-electron chi connectivity index (χ3n) is 5.53. The molecule has 2 aromatic carbocycles. The summed E-state index contributed by atoms with van der Waals surface area (Å²) in [7, 11) is 0. The van der Waals surface area contributed by atoms with Crippen molar-refractivity contribution in [2.75, 3.05) is 11.4 Å². The maximum atomic E-state index is 13.1. The van der Waals surface area contributed by atoms with Gasteiger partial charge in [0.1, 0.15) is 11.9 Å². The lowest BCUT2D eigenvalue weighted by molar-refractivity contribution is 0.0952. The number of aryl methyl sites for hydroxylation is 2. The minimum atomic E-state index is -0.171. The highest BCUT2D eigenvalue weighted by molar-refractivity contribution is 6.06. The molecule has 5 rings (SSSR count). The summed E-state index contributed by atoms with van der Waals surface area (Å²) < 4.78 is 11.4. The molecule has 1 aliphatic heterocycles. The highest BCUT2D eigenvalue weighted by Crippen LogP contribution is 2.34. The maximum absolute atomic E-state index is 13.1. The average Bonchev–Trinajstić information content (AvgIpc) is 3.22. The number of fused-ring (bicyclic) bond motifs is 2. The molecule has 0 spiro atoms. The molecule has 0 N–H and O–H groups in total. The Kier molecular flexibility index (Phi) is 4.15. The molecule has 1 aliphatic carbocycles. The first kappa shape index (κ1) is 17.0. The minimum Gasteiger partial charge on any atom is -0.487 e. The Hall–Kier alpha value is -3.08. The minimum absolute atomic E-state index is 0.0779. The molecule has 28 heavy (non-hydrogen) atoms. The third kappa shape index (κ3) is 2.97. The van der Waals surface area contributed by atoms with E-state index in [4.69, 9.17) is 9.26 Å². The zero-order valence-electron chi connectivity index (χ0n) is 15.9. The van der Waals surface area contributed by atoms with Crippen molar-refractivity contribution >= 4 is 11.6 Å². The van der Waals surface area contributed by atoms with Crippen LogP contribution in [-0.4, -0.2) is 23.7 Å². The van der Waals surface area contributed by atoms with Crippen molar-refractivity contribution in [1.82, 2.24) is 5.16 Å². The van der Waals surface area contributed by atoms with Crippen molar-refractivity contribution in [2.24, 2.45) is 0 Å². The normalized spacial score (nSPS) is 18.2. The number of ether oxygens (including phenoxy) is 1. The molecular formula is C23H22N2O3. The fraction of sp³-hybridized carbons (Fsp3) is 0.304. The predicted octanol–water partition coefficient (Wildman–Crippen LogP) is 4.65. The van der Waals surface area contributed by atoms with Gasteiger partial charge in [0, 0.05) is 11.6 Å². The number of aromatic nitrogens is 1. The Balaban J connectivity index is 1.44. The summed E-state index contributed by atoms with van der Waals surface area (Å²) in [5, 5.41) is 4.07. The molecule has 0 fully saturated rings. The van der Waals surface area contributed by atoms with Crippen LogP contribution < -0.4 is 9.64 Å². The van der Waals surface area contributed by atoms with Crippen molar-refractivity contribution < 1.29 is 14.1 Å². The van der Waals surface area contributed by atoms with E-state index in [9.17, 15) is 4.79 Å². The summed E-state index contributed by atoms with van der Waals surface area (Å²) >= 11 is 0. The van der Waals surface area contributed by atoms with Crippen LogP contribution >= 0.6 is 0 Å². The van der Waals surface area contributed by atoms with Crippen LogP contribution in [0, 0.1) is 0 Å². The quantitative estimate of drug-likeness (QED) is 0.655. The van der Waals surface area contributed by atoms with Gasteiger partial charge in [-0.05, 0) is 61.9 Å². The molecule has 1 aromatic heterocycles. The van der Waals surface area contributed by atoms with Gasteiger partial charge in [-0.1, -0.05) is 29.4 Å². The van der Waals surface area contributed by atoms with E-state index in [0.717, 1.165) is 24.1 Å². The van der Waals surface area contributed by atoms with Crippen molar-refractivity contribution in [3.8, 4) is 17.1 Å². The number of amides is 1. The molecule has 0 bridgehead atoms. The van der Waals surface area contributed by atoms with Crippen molar-refractivity contribution in [2.45, 2.75) is 38.7 Å². The van der Waals surface area contributed by atoms with Gasteiger partial charge >= 0.3 is 0 Å². The van der Waals surface area contributed by atoms with E-state index >= 15 is 0 Å². The van der Waals surface area contributed by atoms with Gasteiger partial charge in [-0.25, -0.2) is 0 Å². The number of hydrogen-bond donors (Lipinski definition) is 0. The molecule has 1 atom stereocenters. The molecule has 2 heterocycles. The fourth-order valence-electron chi connectivity index (χ4n) is 4.12. The van der Waals surface area contributed by atoms with E-state index in [2.05, 4.69) is 23.4 Å². The number of rotatable bonds is 2. The average molecular weight is 374 g/mol. The molecule has 142 valence electrons. The smallest absolute Gasteiger partial charge is 0.280 e. The molecule has 0 saturated carbocycles. The second-order valence-corrected chi connectivity index (χ2v) is 7.58. The second-order valence-electron chi connectivity index (χ2n) is 7.58. The van der Waals surface area contributed by atoms with Crippen LogP contribution in [0.2, 0.25) is 0 Å². The van der Waals surface area contributed by atoms with E-state index in [1.807, 2.05) is 31.2 Å². The van der Waals surface area contributed by atoms with Crippen LogP contribution in [0.3, 0.4) is 0 Å². The number of para-hydroxylation sites is 2. The number of benzene rings is 2. The highest BCUT2D eigenvalue weighted by Gasteiger charge is 2.30. The van der Waals surface area contributed by atoms with Gasteiger partial charge in [0.05, 0.1) is 12.2 Å². The van der Waals surface area contributed by atoms with Crippen LogP contribution in [0.25, 0.3) is 11.3 Å². The molecule has 3 aromatic rings. The molecular weight excluding hydrogens is 352 g/mol. The summed E-state index contributed by atoms with van der Waals surface area (Å²) in [6, 6.07) is 15.7. The van der Waals surface area contributed by atoms with E-state index < -0.39 is 0 Å². The SMILES string of the molecule is CC1CN(C(=O)c2cc(-c3ccc4c(c3)CCCC4)on2)c2ccccc2O1. The van der Waals surface area contributed by atoms with Gasteiger partial charge in [0.15, 0.2) is 11.5 Å². The maximum Gasteiger partial charge on any atom is 0.280 e. The van der Waals surface area contributed by atoms with Gasteiger partial charge < -0.3 is 9.26 Å². The zero-order chi connectivity index (χ0) is 19.1. The molecule has 2 aliphatic rings. The largest absolute Gasteiger partial charge is 0.487 e. The van der Waals surface area contributed by atoms with Crippen LogP contribution in [0.15, 0.2) is 53.1 Å². The Morgan fingerprint density at radius 3 is 2.79 bits per heavy atom. The summed E-state index contributed by atoms with van der Waals surface area (Å²) in [5.41, 5.74) is 4.86. The Labute approximate surface area is 163 Å². The topological polar surface area (TPSA) is 55.6 Å². The van der Waals surface area contributed by atoms with Crippen LogP contribution in [-0.2, 0) is 12.8 Å². The number of anilines is 1. The fourth-order valence-corrected chi connectivity index (χ4v) is 4.12. The van der Waals surface area contributed by atoms with Gasteiger partial charge in [0.25, 0.3) is 5.91 Å². The van der Waals surface area contributed by atoms with E-state index in [0.29, 0.717) is 23.7 Å². The van der Waals surface area contributed by atoms with Crippen LogP contribution in [0.5, 0.6) is 5.75 Å². The van der Waals surface area contributed by atoms with Crippen molar-refractivity contribution in [1.29, 1.82) is 0 Å². The Morgan fingerprint density at radius 1 is 1.07 bits per heavy atom. The van der Waals surface area contributed by atoms with Crippen molar-refractivity contribution in [3.05, 3.63) is 65.4 Å². The van der Waals surface area contributed by atoms with Crippen molar-refractivity contribution in [3.63, 3.8) is 0 Å². The Morgan fingerprint density at radius 2 is 1.89 bits per heavy atom. The molecule has 0 saturated heterocycles. The Bertz CT molecular complexity index is 1040. The molecule has 5 heteroatoms. The van der Waals surface area contributed by atoms with Gasteiger partial charge in [-0.2, -0.15) is 0 Å². The van der Waals surface area contributed by atoms with E-state index in [1.54, 1.807) is 11.0 Å². The highest BCUT2D eigenvalue weighted by atomic mass is 16.5. The first-order chi connectivity index (χ1) is 13.7. The van der Waals surface area contributed by atoms with E-state index in [1.165, 1.54) is 24.0 Å². The first-order valence-electron chi connectivity index (χ1n) is 9.85. The second kappa shape index (κ2) is 6.82. The summed E-state index contributed by atoms with van der Waals surface area (Å²) in [5.74, 6) is 1.18. The van der Waals surface area contributed by atoms with Crippen LogP contribution in [0.1, 0.15) is 41.4 Å². The number of nitrogens with zero attached hydrogens (tertiary/aromatic N) is 2. The van der Waals surface area contributed by atoms with E-state index in [-0.39, 0.29) is 12.0 Å². The third-order valence-corrected chi connectivity index (χ3v) is 5.53. The molecule has 5 nitrogen and oxygen atoms in total. The van der Waals surface area contributed by atoms with Gasteiger partial charge in [-0.15, -0.1) is 0 Å². The molecule has 1 unspecified atom stereocenters. The molecule has 0 radical (unpaired) electrons. The lowest BCUT2D eigenvalue weighted by Gasteiger charge is -2.32.